The number of nitrogens with one attached hydrogen (secondary N) is 1. The fraction of sp³-hybridized carbons (Fsp3) is 0.222. The lowest BCUT2D eigenvalue weighted by Gasteiger charge is -2.03. The van der Waals surface area contributed by atoms with Crippen molar-refractivity contribution in [2.24, 2.45) is 5.73 Å². The molecule has 4 nitrogen and oxygen atoms in total. The third-order valence-electron chi connectivity index (χ3n) is 1.78. The highest BCUT2D eigenvalue weighted by Gasteiger charge is 2.13. The monoisotopic (exact) mass is 322 g/mol. The van der Waals surface area contributed by atoms with Gasteiger partial charge in [0.2, 0.25) is 0 Å². The molecule has 0 heterocycles. The van der Waals surface area contributed by atoms with Gasteiger partial charge in [0.05, 0.1) is 10.6 Å². The summed E-state index contributed by atoms with van der Waals surface area (Å²) in [5.74, 6) is 0.284. The van der Waals surface area contributed by atoms with Crippen molar-refractivity contribution < 1.29 is 8.42 Å². The number of hydrogen-bond donors (Lipinski definition) is 2. The van der Waals surface area contributed by atoms with Crippen LogP contribution in [0.3, 0.4) is 0 Å². The number of benzene rings is 1. The largest absolute Gasteiger partial charge is 0.379 e. The van der Waals surface area contributed by atoms with Gasteiger partial charge in [0.1, 0.15) is 0 Å². The van der Waals surface area contributed by atoms with E-state index >= 15 is 0 Å². The zero-order valence-electron chi connectivity index (χ0n) is 8.31. The lowest BCUT2D eigenvalue weighted by molar-refractivity contribution is 0.597. The number of amidine groups is 1. The zero-order chi connectivity index (χ0) is 12.2. The highest BCUT2D eigenvalue weighted by Crippen LogP contribution is 2.16. The van der Waals surface area contributed by atoms with Gasteiger partial charge in [-0.15, -0.1) is 0 Å². The third-order valence-corrected chi connectivity index (χ3v) is 5.02. The molecule has 0 radical (unpaired) electrons. The minimum Gasteiger partial charge on any atom is -0.379 e. The predicted octanol–water partition coefficient (Wildman–Crippen LogP) is 1.85. The Morgan fingerprint density at radius 3 is 2.44 bits per heavy atom. The first-order valence-corrected chi connectivity index (χ1v) is 7.80. The molecule has 16 heavy (non-hydrogen) atoms. The molecule has 0 aromatic heterocycles. The fourth-order valence-corrected chi connectivity index (χ4v) is 3.50. The molecule has 0 saturated carbocycles. The first-order chi connectivity index (χ1) is 7.42. The molecule has 0 spiro atoms. The predicted molar refractivity (Wildman–Crippen MR) is 70.6 cm³/mol. The number of sulfone groups is 1. The van der Waals surface area contributed by atoms with Crippen LogP contribution >= 0.6 is 27.7 Å². The summed E-state index contributed by atoms with van der Waals surface area (Å²) in [6.07, 6.45) is 0. The average molecular weight is 323 g/mol. The van der Waals surface area contributed by atoms with Gasteiger partial charge in [-0.3, -0.25) is 5.41 Å². The number of thioether (sulfide) groups is 1. The molecule has 0 saturated heterocycles. The van der Waals surface area contributed by atoms with Gasteiger partial charge in [-0.1, -0.05) is 27.7 Å². The van der Waals surface area contributed by atoms with E-state index in [1.165, 1.54) is 0 Å². The van der Waals surface area contributed by atoms with Crippen molar-refractivity contribution in [2.75, 3.05) is 11.5 Å². The molecule has 88 valence electrons. The smallest absolute Gasteiger partial charge is 0.179 e. The van der Waals surface area contributed by atoms with E-state index in [2.05, 4.69) is 15.9 Å². The van der Waals surface area contributed by atoms with Crippen LogP contribution in [0, 0.1) is 5.41 Å². The van der Waals surface area contributed by atoms with Crippen LogP contribution in [-0.2, 0) is 9.84 Å². The Bertz CT molecular complexity index is 471. The molecule has 0 atom stereocenters. The average Bonchev–Trinajstić information content (AvgIpc) is 2.17. The Balaban J connectivity index is 2.71. The van der Waals surface area contributed by atoms with Gasteiger partial charge in [-0.05, 0) is 24.3 Å². The molecular formula is C9H11BrN2O2S2. The van der Waals surface area contributed by atoms with Gasteiger partial charge < -0.3 is 5.73 Å². The second kappa shape index (κ2) is 5.70. The van der Waals surface area contributed by atoms with Crippen LogP contribution in [0.2, 0.25) is 0 Å². The normalized spacial score (nSPS) is 11.3. The lowest BCUT2D eigenvalue weighted by Crippen LogP contribution is -2.12. The van der Waals surface area contributed by atoms with Crippen molar-refractivity contribution in [3.8, 4) is 0 Å². The molecule has 1 rings (SSSR count). The van der Waals surface area contributed by atoms with Crippen LogP contribution in [0.4, 0.5) is 0 Å². The molecule has 1 aromatic rings. The Kier molecular flexibility index (Phi) is 4.82. The van der Waals surface area contributed by atoms with Crippen LogP contribution in [0.25, 0.3) is 0 Å². The Morgan fingerprint density at radius 2 is 1.94 bits per heavy atom. The molecule has 0 unspecified atom stereocenters. The molecule has 3 N–H and O–H groups in total. The van der Waals surface area contributed by atoms with E-state index in [-0.39, 0.29) is 10.9 Å². The van der Waals surface area contributed by atoms with Crippen LogP contribution < -0.4 is 5.73 Å². The molecule has 0 aliphatic rings. The second-order valence-electron chi connectivity index (χ2n) is 2.99. The number of rotatable bonds is 4. The van der Waals surface area contributed by atoms with E-state index in [0.717, 1.165) is 16.2 Å². The molecule has 0 fully saturated rings. The molecule has 1 aromatic carbocycles. The van der Waals surface area contributed by atoms with E-state index in [1.54, 1.807) is 24.3 Å². The van der Waals surface area contributed by atoms with Crippen LogP contribution in [0.1, 0.15) is 0 Å². The van der Waals surface area contributed by atoms with Gasteiger partial charge >= 0.3 is 0 Å². The van der Waals surface area contributed by atoms with Crippen molar-refractivity contribution >= 4 is 42.7 Å². The number of hydrogen-bond acceptors (Lipinski definition) is 4. The topological polar surface area (TPSA) is 84.0 Å². The van der Waals surface area contributed by atoms with Crippen molar-refractivity contribution in [1.29, 1.82) is 5.41 Å². The van der Waals surface area contributed by atoms with Gasteiger partial charge in [-0.2, -0.15) is 0 Å². The quantitative estimate of drug-likeness (QED) is 0.654. The standard InChI is InChI=1S/C9H11BrN2O2S2/c10-7-1-3-8(4-2-7)16(13,14)6-5-15-9(11)12/h1-4H,5-6H2,(H3,11,12). The lowest BCUT2D eigenvalue weighted by atomic mass is 10.4. The summed E-state index contributed by atoms with van der Waals surface area (Å²) in [4.78, 5) is 0.292. The minimum absolute atomic E-state index is 0.0150. The number of halogens is 1. The van der Waals surface area contributed by atoms with E-state index in [9.17, 15) is 8.42 Å². The first kappa shape index (κ1) is 13.5. The van der Waals surface area contributed by atoms with E-state index in [4.69, 9.17) is 11.1 Å². The Morgan fingerprint density at radius 1 is 1.38 bits per heavy atom. The molecule has 7 heteroatoms. The molecular weight excluding hydrogens is 312 g/mol. The Hall–Kier alpha value is -0.530. The second-order valence-corrected chi connectivity index (χ2v) is 7.15. The molecule has 0 aliphatic heterocycles. The van der Waals surface area contributed by atoms with Crippen molar-refractivity contribution in [1.82, 2.24) is 0 Å². The molecule has 0 amide bonds. The van der Waals surface area contributed by atoms with Gasteiger partial charge in [-0.25, -0.2) is 8.42 Å². The Labute approximate surface area is 107 Å². The molecule has 0 aliphatic carbocycles. The summed E-state index contributed by atoms with van der Waals surface area (Å²) in [5.41, 5.74) is 5.13. The van der Waals surface area contributed by atoms with Gasteiger partial charge in [0, 0.05) is 10.2 Å². The summed E-state index contributed by atoms with van der Waals surface area (Å²) in [6, 6.07) is 6.48. The summed E-state index contributed by atoms with van der Waals surface area (Å²) in [5, 5.41) is 6.91. The van der Waals surface area contributed by atoms with Crippen molar-refractivity contribution in [3.63, 3.8) is 0 Å². The SMILES string of the molecule is N=C(N)SCCS(=O)(=O)c1ccc(Br)cc1. The first-order valence-electron chi connectivity index (χ1n) is 4.37. The summed E-state index contributed by atoms with van der Waals surface area (Å²) in [7, 11) is -3.27. The van der Waals surface area contributed by atoms with Gasteiger partial charge in [0.25, 0.3) is 0 Å². The summed E-state index contributed by atoms with van der Waals surface area (Å²) in [6.45, 7) is 0. The van der Waals surface area contributed by atoms with Crippen LogP contribution in [0.15, 0.2) is 33.6 Å². The minimum atomic E-state index is -3.27. The maximum atomic E-state index is 11.8. The highest BCUT2D eigenvalue weighted by atomic mass is 79.9. The van der Waals surface area contributed by atoms with Crippen molar-refractivity contribution in [3.05, 3.63) is 28.7 Å². The number of nitrogens with two attached hydrogens (primary N) is 1. The summed E-state index contributed by atoms with van der Waals surface area (Å²) >= 11 is 4.27. The zero-order valence-corrected chi connectivity index (χ0v) is 11.5. The van der Waals surface area contributed by atoms with Gasteiger partial charge in [0.15, 0.2) is 15.0 Å². The van der Waals surface area contributed by atoms with E-state index in [0.29, 0.717) is 10.6 Å². The van der Waals surface area contributed by atoms with Crippen molar-refractivity contribution in [2.45, 2.75) is 4.90 Å². The fourth-order valence-electron chi connectivity index (χ4n) is 1.02. The maximum absolute atomic E-state index is 11.8. The molecule has 0 bridgehead atoms. The van der Waals surface area contributed by atoms with E-state index < -0.39 is 9.84 Å². The summed E-state index contributed by atoms with van der Waals surface area (Å²) < 4.78 is 24.4. The van der Waals surface area contributed by atoms with E-state index in [1.807, 2.05) is 0 Å². The maximum Gasteiger partial charge on any atom is 0.179 e. The third kappa shape index (κ3) is 4.15. The highest BCUT2D eigenvalue weighted by molar-refractivity contribution is 9.10. The van der Waals surface area contributed by atoms with Crippen LogP contribution in [0.5, 0.6) is 0 Å². The van der Waals surface area contributed by atoms with Crippen LogP contribution in [-0.4, -0.2) is 25.1 Å².